The number of thiophene rings is 1. The Hall–Kier alpha value is -2.80. The van der Waals surface area contributed by atoms with E-state index in [4.69, 9.17) is 4.98 Å². The van der Waals surface area contributed by atoms with Crippen molar-refractivity contribution < 1.29 is 4.39 Å². The van der Waals surface area contributed by atoms with Gasteiger partial charge in [-0.2, -0.15) is 5.10 Å². The maximum Gasteiger partial charge on any atom is 0.160 e. The number of rotatable bonds is 2. The van der Waals surface area contributed by atoms with Crippen LogP contribution in [0.4, 0.5) is 4.39 Å². The zero-order valence-electron chi connectivity index (χ0n) is 13.9. The third-order valence-electron chi connectivity index (χ3n) is 5.22. The predicted octanol–water partition coefficient (Wildman–Crippen LogP) is 3.58. The molecule has 1 fully saturated rings. The Kier molecular flexibility index (Phi) is 2.70. The molecule has 26 heavy (non-hydrogen) atoms. The van der Waals surface area contributed by atoms with E-state index in [0.29, 0.717) is 28.7 Å². The fraction of sp³-hybridized carbons (Fsp3) is 0.211. The maximum atomic E-state index is 14.4. The fourth-order valence-electron chi connectivity index (χ4n) is 3.92. The van der Waals surface area contributed by atoms with Gasteiger partial charge in [0, 0.05) is 59.0 Å². The van der Waals surface area contributed by atoms with Gasteiger partial charge in [0.05, 0.1) is 0 Å². The van der Waals surface area contributed by atoms with E-state index in [1.54, 1.807) is 29.3 Å². The molecule has 0 amide bonds. The van der Waals surface area contributed by atoms with E-state index in [0.717, 1.165) is 22.1 Å². The van der Waals surface area contributed by atoms with Crippen LogP contribution in [0.3, 0.4) is 0 Å². The summed E-state index contributed by atoms with van der Waals surface area (Å²) in [7, 11) is 1.78. The molecule has 128 valence electrons. The molecule has 0 unspecified atom stereocenters. The molecule has 4 heterocycles. The lowest BCUT2D eigenvalue weighted by Crippen LogP contribution is -2.05. The summed E-state index contributed by atoms with van der Waals surface area (Å²) in [5.41, 5.74) is 2.54. The first-order chi connectivity index (χ1) is 12.7. The summed E-state index contributed by atoms with van der Waals surface area (Å²) in [6.07, 6.45) is 5.79. The first-order valence-electron chi connectivity index (χ1n) is 8.50. The van der Waals surface area contributed by atoms with Crippen molar-refractivity contribution in [3.63, 3.8) is 0 Å². The normalized spacial score (nSPS) is 21.1. The SMILES string of the molecule is Cn1cc2cc(-c3ncc4cc([C@H]5C6=CNC[C@@H]65)sc4n3)cc(F)c2n1. The molecular weight excluding hydrogens is 349 g/mol. The summed E-state index contributed by atoms with van der Waals surface area (Å²) in [5.74, 6) is 1.40. The number of nitrogens with zero attached hydrogens (tertiary/aromatic N) is 4. The molecule has 3 aromatic heterocycles. The number of nitrogens with one attached hydrogen (secondary N) is 1. The van der Waals surface area contributed by atoms with Gasteiger partial charge in [-0.3, -0.25) is 4.68 Å². The van der Waals surface area contributed by atoms with E-state index in [1.165, 1.54) is 16.5 Å². The molecule has 6 rings (SSSR count). The molecule has 2 aliphatic rings. The molecule has 1 aromatic carbocycles. The van der Waals surface area contributed by atoms with Crippen molar-refractivity contribution in [2.75, 3.05) is 6.54 Å². The van der Waals surface area contributed by atoms with Gasteiger partial charge in [-0.25, -0.2) is 14.4 Å². The molecule has 4 aromatic rings. The van der Waals surface area contributed by atoms with E-state index in [9.17, 15) is 4.39 Å². The molecule has 0 spiro atoms. The van der Waals surface area contributed by atoms with Crippen LogP contribution in [0.15, 0.2) is 42.4 Å². The smallest absolute Gasteiger partial charge is 0.160 e. The van der Waals surface area contributed by atoms with Crippen LogP contribution in [-0.2, 0) is 7.05 Å². The zero-order chi connectivity index (χ0) is 17.4. The highest BCUT2D eigenvalue weighted by atomic mass is 32.1. The van der Waals surface area contributed by atoms with Crippen LogP contribution in [0, 0.1) is 11.7 Å². The minimum Gasteiger partial charge on any atom is -0.390 e. The van der Waals surface area contributed by atoms with Crippen LogP contribution in [0.2, 0.25) is 0 Å². The Morgan fingerprint density at radius 2 is 2.19 bits per heavy atom. The minimum absolute atomic E-state index is 0.348. The Bertz CT molecular complexity index is 1240. The minimum atomic E-state index is -0.348. The van der Waals surface area contributed by atoms with Crippen molar-refractivity contribution >= 4 is 32.5 Å². The molecule has 1 aliphatic heterocycles. The molecule has 0 saturated heterocycles. The lowest BCUT2D eigenvalue weighted by atomic mass is 10.1. The number of hydrogen-bond donors (Lipinski definition) is 1. The standard InChI is InChI=1S/C19H14FN5S/c1-25-8-11-2-9(3-14(20)17(11)24-25)18-22-5-10-4-15(26-19(10)23-18)16-12-6-21-7-13(12)16/h2-6,8,13,16,21H,7H2,1H3/t13-,16-/m0/s1. The highest BCUT2D eigenvalue weighted by Crippen LogP contribution is 2.57. The number of hydrogen-bond acceptors (Lipinski definition) is 5. The summed E-state index contributed by atoms with van der Waals surface area (Å²) in [4.78, 5) is 11.5. The number of benzene rings is 1. The lowest BCUT2D eigenvalue weighted by Gasteiger charge is -2.01. The van der Waals surface area contributed by atoms with Crippen LogP contribution < -0.4 is 5.32 Å². The highest BCUT2D eigenvalue weighted by molar-refractivity contribution is 7.18. The van der Waals surface area contributed by atoms with Crippen molar-refractivity contribution in [3.05, 3.63) is 53.1 Å². The molecule has 0 radical (unpaired) electrons. The molecule has 1 saturated carbocycles. The van der Waals surface area contributed by atoms with Crippen LogP contribution in [-0.4, -0.2) is 26.3 Å². The van der Waals surface area contributed by atoms with Gasteiger partial charge in [-0.15, -0.1) is 11.3 Å². The third kappa shape index (κ3) is 1.97. The monoisotopic (exact) mass is 363 g/mol. The van der Waals surface area contributed by atoms with Gasteiger partial charge in [0.1, 0.15) is 10.3 Å². The second-order valence-electron chi connectivity index (χ2n) is 6.94. The number of halogens is 1. The first-order valence-corrected chi connectivity index (χ1v) is 9.32. The van der Waals surface area contributed by atoms with Gasteiger partial charge in [-0.1, -0.05) is 0 Å². The third-order valence-corrected chi connectivity index (χ3v) is 6.35. The van der Waals surface area contributed by atoms with E-state index < -0.39 is 0 Å². The van der Waals surface area contributed by atoms with Gasteiger partial charge >= 0.3 is 0 Å². The lowest BCUT2D eigenvalue weighted by molar-refractivity contribution is 0.632. The second-order valence-corrected chi connectivity index (χ2v) is 8.00. The van der Waals surface area contributed by atoms with Gasteiger partial charge in [0.15, 0.2) is 11.6 Å². The van der Waals surface area contributed by atoms with Gasteiger partial charge in [0.25, 0.3) is 0 Å². The van der Waals surface area contributed by atoms with Crippen molar-refractivity contribution in [3.8, 4) is 11.4 Å². The van der Waals surface area contributed by atoms with E-state index >= 15 is 0 Å². The molecule has 5 nitrogen and oxygen atoms in total. The summed E-state index contributed by atoms with van der Waals surface area (Å²) >= 11 is 1.72. The topological polar surface area (TPSA) is 55.6 Å². The average Bonchev–Trinajstić information content (AvgIpc) is 3.06. The Balaban J connectivity index is 1.44. The van der Waals surface area contributed by atoms with Crippen LogP contribution >= 0.6 is 11.3 Å². The van der Waals surface area contributed by atoms with Crippen molar-refractivity contribution in [2.24, 2.45) is 13.0 Å². The first kappa shape index (κ1) is 14.4. The van der Waals surface area contributed by atoms with Crippen molar-refractivity contribution in [1.82, 2.24) is 25.1 Å². The predicted molar refractivity (Wildman–Crippen MR) is 99.4 cm³/mol. The molecule has 0 bridgehead atoms. The van der Waals surface area contributed by atoms with Gasteiger partial charge < -0.3 is 5.32 Å². The number of aryl methyl sites for hydroxylation is 1. The second kappa shape index (κ2) is 4.88. The fourth-order valence-corrected chi connectivity index (χ4v) is 5.12. The maximum absolute atomic E-state index is 14.4. The largest absolute Gasteiger partial charge is 0.390 e. The van der Waals surface area contributed by atoms with Gasteiger partial charge in [0.2, 0.25) is 0 Å². The Labute approximate surface area is 152 Å². The molecule has 1 aliphatic carbocycles. The van der Waals surface area contributed by atoms with Gasteiger partial charge in [-0.05, 0) is 30.0 Å². The Morgan fingerprint density at radius 3 is 3.04 bits per heavy atom. The van der Waals surface area contributed by atoms with E-state index in [-0.39, 0.29) is 5.82 Å². The van der Waals surface area contributed by atoms with Crippen molar-refractivity contribution in [2.45, 2.75) is 5.92 Å². The molecule has 2 atom stereocenters. The van der Waals surface area contributed by atoms with Crippen LogP contribution in [0.5, 0.6) is 0 Å². The van der Waals surface area contributed by atoms with E-state index in [1.807, 2.05) is 12.3 Å². The van der Waals surface area contributed by atoms with Crippen LogP contribution in [0.25, 0.3) is 32.5 Å². The summed E-state index contributed by atoms with van der Waals surface area (Å²) in [6.45, 7) is 1.04. The molecule has 7 heteroatoms. The van der Waals surface area contributed by atoms with E-state index in [2.05, 4.69) is 27.7 Å². The zero-order valence-corrected chi connectivity index (χ0v) is 14.7. The average molecular weight is 363 g/mol. The highest BCUT2D eigenvalue weighted by Gasteiger charge is 2.48. The quantitative estimate of drug-likeness (QED) is 0.591. The Morgan fingerprint density at radius 1 is 1.27 bits per heavy atom. The van der Waals surface area contributed by atoms with Crippen molar-refractivity contribution in [1.29, 1.82) is 0 Å². The van der Waals surface area contributed by atoms with Crippen LogP contribution in [0.1, 0.15) is 10.8 Å². The molecular formula is C19H14FN5S. The summed E-state index contributed by atoms with van der Waals surface area (Å²) in [6, 6.07) is 5.55. The summed E-state index contributed by atoms with van der Waals surface area (Å²) in [5, 5.41) is 9.23. The number of aromatic nitrogens is 4. The summed E-state index contributed by atoms with van der Waals surface area (Å²) < 4.78 is 16.0. The molecule has 1 N–H and O–H groups in total. The number of fused-ring (bicyclic) bond motifs is 3.